The number of benzene rings is 1. The van der Waals surface area contributed by atoms with Gasteiger partial charge in [0, 0.05) is 18.8 Å². The van der Waals surface area contributed by atoms with E-state index in [9.17, 15) is 4.79 Å². The minimum atomic E-state index is -0.128. The van der Waals surface area contributed by atoms with Crippen LogP contribution in [0, 0.1) is 0 Å². The second kappa shape index (κ2) is 7.55. The lowest BCUT2D eigenvalue weighted by atomic mass is 10.1. The Hall–Kier alpha value is -2.57. The van der Waals surface area contributed by atoms with Crippen LogP contribution in [-0.2, 0) is 11.2 Å². The largest absolute Gasteiger partial charge is 0.486 e. The SMILES string of the molecule is CC(C)c1noc(CCC(=O)NC(C)c2ccc3c(c2)OCCO3)n1. The van der Waals surface area contributed by atoms with Crippen molar-refractivity contribution in [1.29, 1.82) is 0 Å². The van der Waals surface area contributed by atoms with Crippen molar-refractivity contribution in [3.05, 3.63) is 35.5 Å². The first-order chi connectivity index (χ1) is 12.0. The fraction of sp³-hybridized carbons (Fsp3) is 0.500. The molecule has 1 N–H and O–H groups in total. The smallest absolute Gasteiger partial charge is 0.227 e. The van der Waals surface area contributed by atoms with Crippen LogP contribution in [0.4, 0.5) is 0 Å². The van der Waals surface area contributed by atoms with E-state index in [0.717, 1.165) is 17.1 Å². The molecule has 0 fully saturated rings. The van der Waals surface area contributed by atoms with Crippen LogP contribution in [0.2, 0.25) is 0 Å². The number of nitrogens with one attached hydrogen (secondary N) is 1. The molecule has 1 aliphatic heterocycles. The van der Waals surface area contributed by atoms with Crippen molar-refractivity contribution in [2.75, 3.05) is 13.2 Å². The second-order valence-electron chi connectivity index (χ2n) is 6.39. The standard InChI is InChI=1S/C18H23N3O4/c1-11(2)18-20-17(25-21-18)7-6-16(22)19-12(3)13-4-5-14-15(10-13)24-9-8-23-14/h4-5,10-12H,6-9H2,1-3H3,(H,19,22). The van der Waals surface area contributed by atoms with Crippen molar-refractivity contribution < 1.29 is 18.8 Å². The molecule has 1 unspecified atom stereocenters. The molecule has 134 valence electrons. The summed E-state index contributed by atoms with van der Waals surface area (Å²) in [5, 5.41) is 6.88. The van der Waals surface area contributed by atoms with Crippen molar-refractivity contribution in [2.24, 2.45) is 0 Å². The third-order valence-corrected chi connectivity index (χ3v) is 4.01. The molecule has 7 heteroatoms. The van der Waals surface area contributed by atoms with Gasteiger partial charge in [-0.05, 0) is 24.6 Å². The molecule has 0 bridgehead atoms. The van der Waals surface area contributed by atoms with E-state index in [1.807, 2.05) is 39.0 Å². The maximum Gasteiger partial charge on any atom is 0.227 e. The summed E-state index contributed by atoms with van der Waals surface area (Å²) in [6.45, 7) is 7.03. The van der Waals surface area contributed by atoms with Crippen LogP contribution in [-0.4, -0.2) is 29.3 Å². The summed E-state index contributed by atoms with van der Waals surface area (Å²) < 4.78 is 16.2. The first-order valence-corrected chi connectivity index (χ1v) is 8.54. The van der Waals surface area contributed by atoms with Gasteiger partial charge in [-0.1, -0.05) is 25.1 Å². The molecule has 0 saturated carbocycles. The zero-order chi connectivity index (χ0) is 17.8. The molecule has 2 heterocycles. The molecule has 1 atom stereocenters. The van der Waals surface area contributed by atoms with E-state index in [1.165, 1.54) is 0 Å². The van der Waals surface area contributed by atoms with E-state index in [1.54, 1.807) is 0 Å². The lowest BCUT2D eigenvalue weighted by Gasteiger charge is -2.21. The maximum absolute atomic E-state index is 12.2. The quantitative estimate of drug-likeness (QED) is 0.866. The zero-order valence-electron chi connectivity index (χ0n) is 14.7. The number of aryl methyl sites for hydroxylation is 1. The average Bonchev–Trinajstić information content (AvgIpc) is 3.09. The summed E-state index contributed by atoms with van der Waals surface area (Å²) in [6, 6.07) is 5.59. The lowest BCUT2D eigenvalue weighted by Crippen LogP contribution is -2.27. The van der Waals surface area contributed by atoms with Crippen molar-refractivity contribution in [2.45, 2.75) is 45.6 Å². The molecule has 3 rings (SSSR count). The van der Waals surface area contributed by atoms with Crippen molar-refractivity contribution in [3.63, 3.8) is 0 Å². The molecule has 7 nitrogen and oxygen atoms in total. The van der Waals surface area contributed by atoms with Gasteiger partial charge in [-0.15, -0.1) is 0 Å². The Morgan fingerprint density at radius 3 is 2.68 bits per heavy atom. The molecule has 2 aromatic rings. The molecule has 0 radical (unpaired) electrons. The average molecular weight is 345 g/mol. The number of nitrogens with zero attached hydrogens (tertiary/aromatic N) is 2. The minimum absolute atomic E-state index is 0.0633. The number of carbonyl (C=O) groups excluding carboxylic acids is 1. The van der Waals surface area contributed by atoms with E-state index in [4.69, 9.17) is 14.0 Å². The number of ether oxygens (including phenoxy) is 2. The van der Waals surface area contributed by atoms with Gasteiger partial charge in [0.15, 0.2) is 17.3 Å². The van der Waals surface area contributed by atoms with Crippen molar-refractivity contribution in [3.8, 4) is 11.5 Å². The number of fused-ring (bicyclic) bond motifs is 1. The Morgan fingerprint density at radius 1 is 1.20 bits per heavy atom. The minimum Gasteiger partial charge on any atom is -0.486 e. The predicted octanol–water partition coefficient (Wildman–Crippen LogP) is 2.77. The summed E-state index contributed by atoms with van der Waals surface area (Å²) in [6.07, 6.45) is 0.730. The van der Waals surface area contributed by atoms with Crippen molar-refractivity contribution >= 4 is 5.91 Å². The molecular formula is C18H23N3O4. The van der Waals surface area contributed by atoms with Crippen LogP contribution in [0.25, 0.3) is 0 Å². The van der Waals surface area contributed by atoms with E-state index < -0.39 is 0 Å². The fourth-order valence-electron chi connectivity index (χ4n) is 2.55. The Kier molecular flexibility index (Phi) is 5.21. The Labute approximate surface area is 146 Å². The van der Waals surface area contributed by atoms with Crippen LogP contribution in [0.3, 0.4) is 0 Å². The first kappa shape index (κ1) is 17.3. The molecular weight excluding hydrogens is 322 g/mol. The predicted molar refractivity (Wildman–Crippen MR) is 90.7 cm³/mol. The van der Waals surface area contributed by atoms with Gasteiger partial charge in [0.25, 0.3) is 0 Å². The molecule has 25 heavy (non-hydrogen) atoms. The third-order valence-electron chi connectivity index (χ3n) is 4.01. The zero-order valence-corrected chi connectivity index (χ0v) is 14.7. The van der Waals surface area contributed by atoms with Crippen LogP contribution in [0.1, 0.15) is 56.4 Å². The number of hydrogen-bond acceptors (Lipinski definition) is 6. The van der Waals surface area contributed by atoms with Crippen LogP contribution in [0.5, 0.6) is 11.5 Å². The lowest BCUT2D eigenvalue weighted by molar-refractivity contribution is -0.121. The van der Waals surface area contributed by atoms with E-state index in [0.29, 0.717) is 37.8 Å². The molecule has 1 aromatic heterocycles. The van der Waals surface area contributed by atoms with Crippen LogP contribution < -0.4 is 14.8 Å². The van der Waals surface area contributed by atoms with E-state index in [-0.39, 0.29) is 17.9 Å². The van der Waals surface area contributed by atoms with Crippen LogP contribution in [0.15, 0.2) is 22.7 Å². The third kappa shape index (κ3) is 4.29. The Balaban J connectivity index is 1.53. The highest BCUT2D eigenvalue weighted by Gasteiger charge is 2.16. The number of carbonyl (C=O) groups is 1. The maximum atomic E-state index is 12.2. The van der Waals surface area contributed by atoms with Gasteiger partial charge in [0.1, 0.15) is 13.2 Å². The molecule has 0 aliphatic carbocycles. The molecule has 0 saturated heterocycles. The Bertz CT molecular complexity index is 742. The second-order valence-corrected chi connectivity index (χ2v) is 6.39. The van der Waals surface area contributed by atoms with Gasteiger partial charge in [-0.25, -0.2) is 0 Å². The van der Waals surface area contributed by atoms with E-state index in [2.05, 4.69) is 15.5 Å². The van der Waals surface area contributed by atoms with Gasteiger partial charge < -0.3 is 19.3 Å². The van der Waals surface area contributed by atoms with Gasteiger partial charge in [-0.3, -0.25) is 4.79 Å². The molecule has 1 amide bonds. The molecule has 0 spiro atoms. The topological polar surface area (TPSA) is 86.5 Å². The summed E-state index contributed by atoms with van der Waals surface area (Å²) in [7, 11) is 0. The van der Waals surface area contributed by atoms with E-state index >= 15 is 0 Å². The highest BCUT2D eigenvalue weighted by atomic mass is 16.6. The molecule has 1 aromatic carbocycles. The number of amides is 1. The first-order valence-electron chi connectivity index (χ1n) is 8.54. The van der Waals surface area contributed by atoms with Crippen molar-refractivity contribution in [1.82, 2.24) is 15.5 Å². The summed E-state index contributed by atoms with van der Waals surface area (Å²) in [4.78, 5) is 16.5. The number of aromatic nitrogens is 2. The molecule has 1 aliphatic rings. The van der Waals surface area contributed by atoms with Gasteiger partial charge in [0.05, 0.1) is 6.04 Å². The van der Waals surface area contributed by atoms with Crippen LogP contribution >= 0.6 is 0 Å². The number of hydrogen-bond donors (Lipinski definition) is 1. The highest BCUT2D eigenvalue weighted by Crippen LogP contribution is 2.32. The normalized spacial score (nSPS) is 14.4. The summed E-state index contributed by atoms with van der Waals surface area (Å²) in [5.74, 6) is 2.77. The monoisotopic (exact) mass is 345 g/mol. The highest BCUT2D eigenvalue weighted by molar-refractivity contribution is 5.76. The number of rotatable bonds is 6. The fourth-order valence-corrected chi connectivity index (χ4v) is 2.55. The Morgan fingerprint density at radius 2 is 1.96 bits per heavy atom. The van der Waals surface area contributed by atoms with Gasteiger partial charge in [0.2, 0.25) is 11.8 Å². The van der Waals surface area contributed by atoms with Gasteiger partial charge in [-0.2, -0.15) is 4.98 Å². The summed E-state index contributed by atoms with van der Waals surface area (Å²) >= 11 is 0. The summed E-state index contributed by atoms with van der Waals surface area (Å²) in [5.41, 5.74) is 0.970. The van der Waals surface area contributed by atoms with Gasteiger partial charge >= 0.3 is 0 Å².